The van der Waals surface area contributed by atoms with E-state index in [9.17, 15) is 0 Å². The standard InChI is InChI=1S/C27H32N3/c1-18(2)30-13-12-25(28-30)24-15-23(27(5,6)7)16-26(20(24)4)29-17-22-11-9-8-10-21(22)14-19(29)3/h8-18H,1-7H3/q+1. The Morgan fingerprint density at radius 1 is 0.933 bits per heavy atom. The van der Waals surface area contributed by atoms with E-state index >= 15 is 0 Å². The Hall–Kier alpha value is -2.94. The highest BCUT2D eigenvalue weighted by atomic mass is 15.3. The van der Waals surface area contributed by atoms with Crippen molar-refractivity contribution in [3.63, 3.8) is 0 Å². The maximum absolute atomic E-state index is 4.88. The Labute approximate surface area is 180 Å². The Balaban J connectivity index is 1.99. The van der Waals surface area contributed by atoms with Gasteiger partial charge in [0.25, 0.3) is 0 Å². The summed E-state index contributed by atoms with van der Waals surface area (Å²) in [4.78, 5) is 0. The maximum Gasteiger partial charge on any atom is 0.214 e. The van der Waals surface area contributed by atoms with Gasteiger partial charge in [-0.15, -0.1) is 0 Å². The number of hydrogen-bond acceptors (Lipinski definition) is 1. The molecule has 4 rings (SSSR count). The van der Waals surface area contributed by atoms with Crippen molar-refractivity contribution in [2.45, 2.75) is 59.9 Å². The average Bonchev–Trinajstić information content (AvgIpc) is 3.17. The van der Waals surface area contributed by atoms with Crippen LogP contribution in [0.2, 0.25) is 0 Å². The molecule has 0 radical (unpaired) electrons. The van der Waals surface area contributed by atoms with E-state index < -0.39 is 0 Å². The first kappa shape index (κ1) is 20.3. The van der Waals surface area contributed by atoms with Gasteiger partial charge in [0.2, 0.25) is 5.69 Å². The summed E-state index contributed by atoms with van der Waals surface area (Å²) in [6.45, 7) is 15.5. The van der Waals surface area contributed by atoms with Crippen LogP contribution in [-0.2, 0) is 5.41 Å². The van der Waals surface area contributed by atoms with Crippen LogP contribution in [0.1, 0.15) is 57.5 Å². The van der Waals surface area contributed by atoms with E-state index in [1.54, 1.807) is 0 Å². The lowest BCUT2D eigenvalue weighted by Gasteiger charge is -2.21. The zero-order valence-corrected chi connectivity index (χ0v) is 19.2. The van der Waals surface area contributed by atoms with Crippen LogP contribution in [0.3, 0.4) is 0 Å². The lowest BCUT2D eigenvalue weighted by molar-refractivity contribution is -0.601. The Bertz CT molecular complexity index is 1220. The molecule has 0 fully saturated rings. The van der Waals surface area contributed by atoms with Crippen LogP contribution in [0, 0.1) is 13.8 Å². The van der Waals surface area contributed by atoms with Gasteiger partial charge in [-0.3, -0.25) is 4.68 Å². The number of benzene rings is 2. The SMILES string of the molecule is Cc1c(-c2ccn(C(C)C)n2)cc(C(C)(C)C)cc1-[n+]1cc2ccccc2cc1C. The largest absolute Gasteiger partial charge is 0.270 e. The van der Waals surface area contributed by atoms with E-state index in [1.807, 2.05) is 4.68 Å². The monoisotopic (exact) mass is 398 g/mol. The van der Waals surface area contributed by atoms with E-state index in [4.69, 9.17) is 5.10 Å². The molecule has 0 unspecified atom stereocenters. The van der Waals surface area contributed by atoms with Gasteiger partial charge in [0.15, 0.2) is 11.9 Å². The van der Waals surface area contributed by atoms with Crippen molar-refractivity contribution in [1.29, 1.82) is 0 Å². The van der Waals surface area contributed by atoms with E-state index in [1.165, 1.54) is 38.8 Å². The molecule has 2 aromatic heterocycles. The lowest BCUT2D eigenvalue weighted by Crippen LogP contribution is -2.35. The summed E-state index contributed by atoms with van der Waals surface area (Å²) in [5, 5.41) is 7.39. The van der Waals surface area contributed by atoms with Gasteiger partial charge in [0.05, 0.1) is 5.69 Å². The van der Waals surface area contributed by atoms with Crippen molar-refractivity contribution in [1.82, 2.24) is 9.78 Å². The van der Waals surface area contributed by atoms with Crippen LogP contribution in [-0.4, -0.2) is 9.78 Å². The third kappa shape index (κ3) is 3.65. The highest BCUT2D eigenvalue weighted by Crippen LogP contribution is 2.33. The molecule has 4 aromatic rings. The molecule has 0 bridgehead atoms. The summed E-state index contributed by atoms with van der Waals surface area (Å²) in [6, 6.07) is 18.0. The third-order valence-corrected chi connectivity index (χ3v) is 5.93. The fourth-order valence-electron chi connectivity index (χ4n) is 3.97. The van der Waals surface area contributed by atoms with Crippen molar-refractivity contribution in [3.8, 4) is 16.9 Å². The molecule has 0 atom stereocenters. The first-order valence-corrected chi connectivity index (χ1v) is 10.8. The molecule has 154 valence electrons. The summed E-state index contributed by atoms with van der Waals surface area (Å²) in [7, 11) is 0. The number of hydrogen-bond donors (Lipinski definition) is 0. The summed E-state index contributed by atoms with van der Waals surface area (Å²) < 4.78 is 4.36. The van der Waals surface area contributed by atoms with Crippen molar-refractivity contribution in [2.24, 2.45) is 0 Å². The minimum absolute atomic E-state index is 0.0448. The van der Waals surface area contributed by atoms with Gasteiger partial charge in [-0.05, 0) is 55.3 Å². The second-order valence-corrected chi connectivity index (χ2v) is 9.61. The molecule has 3 nitrogen and oxygen atoms in total. The minimum Gasteiger partial charge on any atom is -0.270 e. The van der Waals surface area contributed by atoms with Gasteiger partial charge >= 0.3 is 0 Å². The normalized spacial score (nSPS) is 12.1. The van der Waals surface area contributed by atoms with E-state index in [0.29, 0.717) is 6.04 Å². The van der Waals surface area contributed by atoms with Crippen LogP contribution in [0.25, 0.3) is 27.7 Å². The Morgan fingerprint density at radius 2 is 1.63 bits per heavy atom. The quantitative estimate of drug-likeness (QED) is 0.362. The number of rotatable bonds is 3. The topological polar surface area (TPSA) is 21.7 Å². The molecule has 3 heteroatoms. The first-order chi connectivity index (χ1) is 14.1. The smallest absolute Gasteiger partial charge is 0.214 e. The second-order valence-electron chi connectivity index (χ2n) is 9.61. The van der Waals surface area contributed by atoms with Crippen molar-refractivity contribution in [3.05, 3.63) is 77.7 Å². The summed E-state index contributed by atoms with van der Waals surface area (Å²) in [5.74, 6) is 0. The van der Waals surface area contributed by atoms with Gasteiger partial charge in [-0.1, -0.05) is 39.0 Å². The zero-order chi connectivity index (χ0) is 21.6. The van der Waals surface area contributed by atoms with Crippen LogP contribution in [0.15, 0.2) is 60.9 Å². The predicted molar refractivity (Wildman–Crippen MR) is 125 cm³/mol. The van der Waals surface area contributed by atoms with Gasteiger partial charge in [0.1, 0.15) is 0 Å². The zero-order valence-electron chi connectivity index (χ0n) is 19.2. The number of aromatic nitrogens is 3. The van der Waals surface area contributed by atoms with Gasteiger partial charge in [-0.2, -0.15) is 9.67 Å². The highest BCUT2D eigenvalue weighted by molar-refractivity contribution is 5.81. The highest BCUT2D eigenvalue weighted by Gasteiger charge is 2.24. The molecule has 2 heterocycles. The van der Waals surface area contributed by atoms with Crippen LogP contribution >= 0.6 is 0 Å². The van der Waals surface area contributed by atoms with Crippen LogP contribution in [0.5, 0.6) is 0 Å². The molecule has 30 heavy (non-hydrogen) atoms. The van der Waals surface area contributed by atoms with E-state index in [2.05, 4.69) is 114 Å². The second kappa shape index (κ2) is 7.39. The third-order valence-electron chi connectivity index (χ3n) is 5.93. The first-order valence-electron chi connectivity index (χ1n) is 10.8. The maximum atomic E-state index is 4.88. The van der Waals surface area contributed by atoms with Gasteiger partial charge in [-0.25, -0.2) is 0 Å². The Kier molecular flexibility index (Phi) is 5.01. The number of fused-ring (bicyclic) bond motifs is 1. The van der Waals surface area contributed by atoms with Crippen molar-refractivity contribution in [2.75, 3.05) is 0 Å². The fraction of sp³-hybridized carbons (Fsp3) is 0.333. The molecule has 0 aliphatic heterocycles. The van der Waals surface area contributed by atoms with Crippen LogP contribution in [0.4, 0.5) is 0 Å². The number of pyridine rings is 1. The average molecular weight is 399 g/mol. The van der Waals surface area contributed by atoms with Crippen molar-refractivity contribution < 1.29 is 4.57 Å². The predicted octanol–water partition coefficient (Wildman–Crippen LogP) is 6.48. The summed E-state index contributed by atoms with van der Waals surface area (Å²) in [6.07, 6.45) is 4.34. The molecular formula is C27H32N3+. The van der Waals surface area contributed by atoms with Gasteiger partial charge < -0.3 is 0 Å². The minimum atomic E-state index is 0.0448. The molecule has 0 saturated heterocycles. The summed E-state index contributed by atoms with van der Waals surface area (Å²) >= 11 is 0. The van der Waals surface area contributed by atoms with Crippen LogP contribution < -0.4 is 4.57 Å². The lowest BCUT2D eigenvalue weighted by atomic mass is 9.84. The molecule has 0 N–H and O–H groups in total. The number of nitrogens with zero attached hydrogens (tertiary/aromatic N) is 3. The molecule has 2 aromatic carbocycles. The fourth-order valence-corrected chi connectivity index (χ4v) is 3.97. The molecule has 0 aliphatic rings. The molecular weight excluding hydrogens is 366 g/mol. The molecule has 0 spiro atoms. The molecule has 0 aliphatic carbocycles. The molecule has 0 amide bonds. The van der Waals surface area contributed by atoms with E-state index in [-0.39, 0.29) is 5.41 Å². The molecule has 0 saturated carbocycles. The van der Waals surface area contributed by atoms with E-state index in [0.717, 1.165) is 5.69 Å². The Morgan fingerprint density at radius 3 is 2.27 bits per heavy atom. The van der Waals surface area contributed by atoms with Gasteiger partial charge in [0, 0.05) is 47.8 Å². The summed E-state index contributed by atoms with van der Waals surface area (Å²) in [5.41, 5.74) is 7.30. The van der Waals surface area contributed by atoms with Crippen molar-refractivity contribution >= 4 is 10.8 Å². The number of aryl methyl sites for hydroxylation is 1.